The van der Waals surface area contributed by atoms with Gasteiger partial charge in [-0.15, -0.1) is 11.8 Å². The predicted molar refractivity (Wildman–Crippen MR) is 86.3 cm³/mol. The molecule has 1 N–H and O–H groups in total. The molecule has 1 fully saturated rings. The first kappa shape index (κ1) is 15.6. The zero-order valence-corrected chi connectivity index (χ0v) is 13.7. The minimum atomic E-state index is -0.403. The molecule has 1 aromatic rings. The third-order valence-corrected chi connectivity index (χ3v) is 5.23. The summed E-state index contributed by atoms with van der Waals surface area (Å²) < 4.78 is 5.44. The Hall–Kier alpha value is -1.24. The van der Waals surface area contributed by atoms with Gasteiger partial charge in [-0.05, 0) is 25.1 Å². The van der Waals surface area contributed by atoms with Gasteiger partial charge in [0.1, 0.15) is 0 Å². The first-order chi connectivity index (χ1) is 10.5. The van der Waals surface area contributed by atoms with Crippen LogP contribution in [0.5, 0.6) is 0 Å². The first-order valence-corrected chi connectivity index (χ1v) is 8.45. The van der Waals surface area contributed by atoms with Crippen LogP contribution in [0.4, 0.5) is 5.69 Å². The zero-order chi connectivity index (χ0) is 15.7. The monoisotopic (exact) mass is 340 g/mol. The number of hydrogen-bond donors (Lipinski definition) is 1. The SMILES string of the molecule is C[C@@H]1CN(C(=O)C[C@H]2Sc3ccc(Cl)cc3NC2=O)CCO1. The third-order valence-electron chi connectivity index (χ3n) is 3.71. The van der Waals surface area contributed by atoms with Crippen molar-refractivity contribution in [1.29, 1.82) is 0 Å². The molecule has 1 saturated heterocycles. The summed E-state index contributed by atoms with van der Waals surface area (Å²) in [5.74, 6) is -0.144. The van der Waals surface area contributed by atoms with Crippen molar-refractivity contribution in [2.45, 2.75) is 29.6 Å². The van der Waals surface area contributed by atoms with Gasteiger partial charge < -0.3 is 15.0 Å². The topological polar surface area (TPSA) is 58.6 Å². The number of amides is 2. The van der Waals surface area contributed by atoms with E-state index in [0.717, 1.165) is 4.90 Å². The Bertz CT molecular complexity index is 610. The van der Waals surface area contributed by atoms with E-state index < -0.39 is 5.25 Å². The van der Waals surface area contributed by atoms with Crippen LogP contribution in [0.2, 0.25) is 5.02 Å². The summed E-state index contributed by atoms with van der Waals surface area (Å²) in [5, 5.41) is 3.00. The molecule has 2 aliphatic rings. The molecule has 5 nitrogen and oxygen atoms in total. The van der Waals surface area contributed by atoms with E-state index in [9.17, 15) is 9.59 Å². The average Bonchev–Trinajstić information content (AvgIpc) is 2.48. The largest absolute Gasteiger partial charge is 0.375 e. The molecule has 22 heavy (non-hydrogen) atoms. The minimum absolute atomic E-state index is 0.000198. The second-order valence-electron chi connectivity index (χ2n) is 5.46. The number of anilines is 1. The Morgan fingerprint density at radius 3 is 3.14 bits per heavy atom. The number of halogens is 1. The number of ether oxygens (including phenoxy) is 1. The van der Waals surface area contributed by atoms with Crippen LogP contribution < -0.4 is 5.32 Å². The van der Waals surface area contributed by atoms with E-state index in [1.54, 1.807) is 17.0 Å². The number of benzene rings is 1. The molecule has 0 saturated carbocycles. The van der Waals surface area contributed by atoms with Crippen LogP contribution >= 0.6 is 23.4 Å². The van der Waals surface area contributed by atoms with E-state index in [1.807, 2.05) is 13.0 Å². The lowest BCUT2D eigenvalue weighted by Crippen LogP contribution is -2.46. The van der Waals surface area contributed by atoms with Crippen molar-refractivity contribution < 1.29 is 14.3 Å². The number of carbonyl (C=O) groups is 2. The highest BCUT2D eigenvalue weighted by atomic mass is 35.5. The van der Waals surface area contributed by atoms with Crippen molar-refractivity contribution in [2.24, 2.45) is 0 Å². The van der Waals surface area contributed by atoms with E-state index in [2.05, 4.69) is 5.32 Å². The molecule has 0 spiro atoms. The maximum atomic E-state index is 12.4. The molecular weight excluding hydrogens is 324 g/mol. The van der Waals surface area contributed by atoms with Crippen molar-refractivity contribution in [3.05, 3.63) is 23.2 Å². The van der Waals surface area contributed by atoms with Gasteiger partial charge in [0.15, 0.2) is 0 Å². The minimum Gasteiger partial charge on any atom is -0.375 e. The Morgan fingerprint density at radius 2 is 2.36 bits per heavy atom. The van der Waals surface area contributed by atoms with Crippen molar-refractivity contribution in [1.82, 2.24) is 4.90 Å². The highest BCUT2D eigenvalue weighted by Gasteiger charge is 2.31. The normalized spacial score (nSPS) is 24.6. The lowest BCUT2D eigenvalue weighted by molar-refractivity contribution is -0.139. The van der Waals surface area contributed by atoms with Gasteiger partial charge in [-0.2, -0.15) is 0 Å². The van der Waals surface area contributed by atoms with Gasteiger partial charge in [0.25, 0.3) is 0 Å². The van der Waals surface area contributed by atoms with Gasteiger partial charge in [-0.1, -0.05) is 11.6 Å². The summed E-state index contributed by atoms with van der Waals surface area (Å²) in [6, 6.07) is 5.38. The molecule has 3 rings (SSSR count). The second-order valence-corrected chi connectivity index (χ2v) is 7.14. The smallest absolute Gasteiger partial charge is 0.238 e. The molecule has 118 valence electrons. The number of carbonyl (C=O) groups excluding carboxylic acids is 2. The molecule has 0 aliphatic carbocycles. The summed E-state index contributed by atoms with van der Waals surface area (Å²) in [5.41, 5.74) is 0.714. The lowest BCUT2D eigenvalue weighted by Gasteiger charge is -2.32. The fourth-order valence-corrected chi connectivity index (χ4v) is 3.84. The van der Waals surface area contributed by atoms with E-state index in [1.165, 1.54) is 11.8 Å². The fraction of sp³-hybridized carbons (Fsp3) is 0.467. The number of nitrogens with one attached hydrogen (secondary N) is 1. The van der Waals surface area contributed by atoms with E-state index in [0.29, 0.717) is 30.4 Å². The highest BCUT2D eigenvalue weighted by molar-refractivity contribution is 8.01. The fourth-order valence-electron chi connectivity index (χ4n) is 2.59. The molecule has 1 aromatic carbocycles. The molecule has 7 heteroatoms. The highest BCUT2D eigenvalue weighted by Crippen LogP contribution is 2.38. The molecule has 2 aliphatic heterocycles. The number of morpholine rings is 1. The Morgan fingerprint density at radius 1 is 1.55 bits per heavy atom. The number of nitrogens with zero attached hydrogens (tertiary/aromatic N) is 1. The first-order valence-electron chi connectivity index (χ1n) is 7.19. The van der Waals surface area contributed by atoms with Crippen LogP contribution in [0.1, 0.15) is 13.3 Å². The predicted octanol–water partition coefficient (Wildman–Crippen LogP) is 2.39. The molecule has 2 atom stereocenters. The Kier molecular flexibility index (Phi) is 4.61. The van der Waals surface area contributed by atoms with Gasteiger partial charge >= 0.3 is 0 Å². The molecular formula is C15H17ClN2O3S. The standard InChI is InChI=1S/C15H17ClN2O3S/c1-9-8-18(4-5-21-9)14(19)7-13-15(20)17-11-6-10(16)2-3-12(11)22-13/h2-3,6,9,13H,4-5,7-8H2,1H3,(H,17,20)/t9-,13-/m1/s1. The van der Waals surface area contributed by atoms with Gasteiger partial charge in [-0.25, -0.2) is 0 Å². The maximum absolute atomic E-state index is 12.4. The van der Waals surface area contributed by atoms with Crippen molar-refractivity contribution in [3.63, 3.8) is 0 Å². The van der Waals surface area contributed by atoms with E-state index >= 15 is 0 Å². The maximum Gasteiger partial charge on any atom is 0.238 e. The van der Waals surface area contributed by atoms with Crippen LogP contribution in [-0.2, 0) is 14.3 Å². The Balaban J connectivity index is 1.67. The molecule has 0 bridgehead atoms. The zero-order valence-electron chi connectivity index (χ0n) is 12.2. The summed E-state index contributed by atoms with van der Waals surface area (Å²) >= 11 is 7.34. The van der Waals surface area contributed by atoms with Crippen LogP contribution in [0, 0.1) is 0 Å². The van der Waals surface area contributed by atoms with Gasteiger partial charge in [0, 0.05) is 29.4 Å². The van der Waals surface area contributed by atoms with Gasteiger partial charge in [0.05, 0.1) is 23.6 Å². The van der Waals surface area contributed by atoms with Crippen LogP contribution in [-0.4, -0.2) is 47.8 Å². The molecule has 2 amide bonds. The number of rotatable bonds is 2. The van der Waals surface area contributed by atoms with E-state index in [4.69, 9.17) is 16.3 Å². The number of fused-ring (bicyclic) bond motifs is 1. The van der Waals surface area contributed by atoms with Crippen molar-refractivity contribution >= 4 is 40.9 Å². The lowest BCUT2D eigenvalue weighted by atomic mass is 10.2. The Labute approximate surface area is 138 Å². The summed E-state index contributed by atoms with van der Waals surface area (Å²) in [7, 11) is 0. The summed E-state index contributed by atoms with van der Waals surface area (Å²) in [6.45, 7) is 3.68. The van der Waals surface area contributed by atoms with Gasteiger partial charge in [0.2, 0.25) is 11.8 Å². The number of hydrogen-bond acceptors (Lipinski definition) is 4. The van der Waals surface area contributed by atoms with Crippen molar-refractivity contribution in [3.8, 4) is 0 Å². The van der Waals surface area contributed by atoms with E-state index in [-0.39, 0.29) is 24.3 Å². The van der Waals surface area contributed by atoms with Crippen LogP contribution in [0.3, 0.4) is 0 Å². The quantitative estimate of drug-likeness (QED) is 0.898. The van der Waals surface area contributed by atoms with Crippen LogP contribution in [0.25, 0.3) is 0 Å². The average molecular weight is 341 g/mol. The molecule has 0 radical (unpaired) electrons. The molecule has 2 heterocycles. The second kappa shape index (κ2) is 6.48. The van der Waals surface area contributed by atoms with Crippen LogP contribution in [0.15, 0.2) is 23.1 Å². The van der Waals surface area contributed by atoms with Crippen molar-refractivity contribution in [2.75, 3.05) is 25.0 Å². The molecule has 0 aromatic heterocycles. The summed E-state index contributed by atoms with van der Waals surface area (Å²) in [4.78, 5) is 27.3. The third kappa shape index (κ3) is 3.39. The molecule has 0 unspecified atom stereocenters. The number of thioether (sulfide) groups is 1. The van der Waals surface area contributed by atoms with Gasteiger partial charge in [-0.3, -0.25) is 9.59 Å². The summed E-state index contributed by atoms with van der Waals surface area (Å²) in [6.07, 6.45) is 0.249.